The molecular weight excluding hydrogens is 398 g/mol. The van der Waals surface area contributed by atoms with Gasteiger partial charge < -0.3 is 10.5 Å². The van der Waals surface area contributed by atoms with Crippen molar-refractivity contribution in [3.05, 3.63) is 21.6 Å². The van der Waals surface area contributed by atoms with E-state index < -0.39 is 0 Å². The van der Waals surface area contributed by atoms with Crippen molar-refractivity contribution in [3.63, 3.8) is 0 Å². The average Bonchev–Trinajstić information content (AvgIpc) is 2.55. The number of nitrogen functional groups attached to an aromatic ring is 1. The normalized spacial score (nSPS) is 13.6. The maximum absolute atomic E-state index is 11.4. The van der Waals surface area contributed by atoms with Crippen LogP contribution in [0.2, 0.25) is 5.02 Å². The Bertz CT molecular complexity index is 528. The van der Waals surface area contributed by atoms with Gasteiger partial charge in [0.05, 0.1) is 17.3 Å². The van der Waals surface area contributed by atoms with Crippen LogP contribution in [0.15, 0.2) is 21.5 Å². The van der Waals surface area contributed by atoms with Crippen molar-refractivity contribution in [2.45, 2.75) is 56.6 Å². The monoisotopic (exact) mass is 421 g/mol. The Balaban J connectivity index is 2.88. The average molecular weight is 423 g/mol. The molecule has 6 heteroatoms. The van der Waals surface area contributed by atoms with Crippen LogP contribution in [0.3, 0.4) is 0 Å². The van der Waals surface area contributed by atoms with Gasteiger partial charge in [-0.2, -0.15) is 0 Å². The van der Waals surface area contributed by atoms with Gasteiger partial charge in [0.1, 0.15) is 0 Å². The highest BCUT2D eigenvalue weighted by Crippen LogP contribution is 2.41. The molecule has 2 N–H and O–H groups in total. The van der Waals surface area contributed by atoms with E-state index >= 15 is 0 Å². The van der Waals surface area contributed by atoms with Gasteiger partial charge in [-0.05, 0) is 40.9 Å². The molecule has 0 aromatic heterocycles. The third kappa shape index (κ3) is 6.20. The summed E-state index contributed by atoms with van der Waals surface area (Å²) in [6.45, 7) is 6.57. The molecule has 0 amide bonds. The van der Waals surface area contributed by atoms with Gasteiger partial charge in [0.2, 0.25) is 0 Å². The minimum atomic E-state index is -0.144. The summed E-state index contributed by atoms with van der Waals surface area (Å²) in [4.78, 5) is 12.4. The Morgan fingerprint density at radius 1 is 1.39 bits per heavy atom. The highest BCUT2D eigenvalue weighted by molar-refractivity contribution is 9.10. The second kappa shape index (κ2) is 10.5. The molecule has 0 fully saturated rings. The van der Waals surface area contributed by atoms with Gasteiger partial charge in [-0.15, -0.1) is 11.8 Å². The van der Waals surface area contributed by atoms with Gasteiger partial charge in [0.25, 0.3) is 0 Å². The summed E-state index contributed by atoms with van der Waals surface area (Å²) in [5, 5.41) is 0.893. The highest BCUT2D eigenvalue weighted by atomic mass is 79.9. The second-order valence-electron chi connectivity index (χ2n) is 5.42. The van der Waals surface area contributed by atoms with E-state index in [4.69, 9.17) is 22.1 Å². The van der Waals surface area contributed by atoms with Gasteiger partial charge in [-0.25, -0.2) is 0 Å². The number of carbonyl (C=O) groups is 1. The van der Waals surface area contributed by atoms with Crippen LogP contribution in [0.4, 0.5) is 5.69 Å². The summed E-state index contributed by atoms with van der Waals surface area (Å²) in [6, 6.07) is 3.91. The number of rotatable bonds is 9. The lowest BCUT2D eigenvalue weighted by Gasteiger charge is -2.26. The van der Waals surface area contributed by atoms with Crippen molar-refractivity contribution in [1.82, 2.24) is 0 Å². The minimum Gasteiger partial charge on any atom is -0.465 e. The predicted molar refractivity (Wildman–Crippen MR) is 103 cm³/mol. The fourth-order valence-electron chi connectivity index (χ4n) is 2.28. The van der Waals surface area contributed by atoms with E-state index in [2.05, 4.69) is 29.8 Å². The first-order chi connectivity index (χ1) is 10.9. The topological polar surface area (TPSA) is 52.3 Å². The fourth-order valence-corrected chi connectivity index (χ4v) is 4.37. The van der Waals surface area contributed by atoms with Gasteiger partial charge in [-0.1, -0.05) is 38.8 Å². The highest BCUT2D eigenvalue weighted by Gasteiger charge is 2.23. The number of hydrogen-bond acceptors (Lipinski definition) is 4. The standard InChI is InChI=1S/C17H25BrClNO2S/c1-4-7-13(11(5-2)10-22-15(21)6-3)23-14-9-8-12(18)16(19)17(14)20/h8-9,11,13H,4-7,10,20H2,1-3H3. The minimum absolute atomic E-state index is 0.144. The molecule has 0 radical (unpaired) electrons. The molecule has 0 aliphatic rings. The Morgan fingerprint density at radius 3 is 2.65 bits per heavy atom. The van der Waals surface area contributed by atoms with Crippen molar-refractivity contribution in [2.24, 2.45) is 5.92 Å². The maximum Gasteiger partial charge on any atom is 0.305 e. The summed E-state index contributed by atoms with van der Waals surface area (Å²) >= 11 is 11.3. The first kappa shape index (κ1) is 20.7. The Hall–Kier alpha value is -0.390. The van der Waals surface area contributed by atoms with Gasteiger partial charge in [0.15, 0.2) is 0 Å². The number of benzene rings is 1. The molecule has 0 saturated heterocycles. The zero-order valence-corrected chi connectivity index (χ0v) is 17.1. The van der Waals surface area contributed by atoms with E-state index in [0.29, 0.717) is 34.9 Å². The summed E-state index contributed by atoms with van der Waals surface area (Å²) in [6.07, 6.45) is 3.48. The SMILES string of the molecule is CCCC(Sc1ccc(Br)c(Cl)c1N)C(CC)COC(=O)CC. The van der Waals surface area contributed by atoms with Crippen molar-refractivity contribution < 1.29 is 9.53 Å². The lowest BCUT2D eigenvalue weighted by atomic mass is 10.00. The Kier molecular flexibility index (Phi) is 9.40. The second-order valence-corrected chi connectivity index (χ2v) is 7.94. The zero-order valence-electron chi connectivity index (χ0n) is 13.9. The van der Waals surface area contributed by atoms with Crippen LogP contribution >= 0.6 is 39.3 Å². The molecule has 0 heterocycles. The number of hydrogen-bond donors (Lipinski definition) is 1. The van der Waals surface area contributed by atoms with Crippen LogP contribution in [-0.2, 0) is 9.53 Å². The van der Waals surface area contributed by atoms with Crippen LogP contribution in [0.25, 0.3) is 0 Å². The molecule has 0 aliphatic heterocycles. The van der Waals surface area contributed by atoms with Crippen LogP contribution < -0.4 is 5.73 Å². The first-order valence-electron chi connectivity index (χ1n) is 8.00. The molecule has 0 aliphatic carbocycles. The van der Waals surface area contributed by atoms with E-state index in [9.17, 15) is 4.79 Å². The third-order valence-electron chi connectivity index (χ3n) is 3.74. The molecule has 0 saturated carbocycles. The summed E-state index contributed by atoms with van der Waals surface area (Å²) < 4.78 is 6.17. The quantitative estimate of drug-likeness (QED) is 0.304. The number of halogens is 2. The van der Waals surface area contributed by atoms with Crippen molar-refractivity contribution >= 4 is 50.9 Å². The summed E-state index contributed by atoms with van der Waals surface area (Å²) in [5.41, 5.74) is 6.75. The molecular formula is C17H25BrClNO2S. The third-order valence-corrected chi connectivity index (χ3v) is 6.57. The lowest BCUT2D eigenvalue weighted by molar-refractivity contribution is -0.144. The van der Waals surface area contributed by atoms with Gasteiger partial charge in [-0.3, -0.25) is 4.79 Å². The molecule has 0 spiro atoms. The van der Waals surface area contributed by atoms with Gasteiger partial charge >= 0.3 is 5.97 Å². The summed E-state index contributed by atoms with van der Waals surface area (Å²) in [7, 11) is 0. The van der Waals surface area contributed by atoms with E-state index in [1.165, 1.54) is 0 Å². The van der Waals surface area contributed by atoms with Crippen molar-refractivity contribution in [2.75, 3.05) is 12.3 Å². The number of carbonyl (C=O) groups excluding carboxylic acids is 1. The Morgan fingerprint density at radius 2 is 2.09 bits per heavy atom. The molecule has 0 bridgehead atoms. The maximum atomic E-state index is 11.4. The molecule has 2 unspecified atom stereocenters. The number of ether oxygens (including phenoxy) is 1. The fraction of sp³-hybridized carbons (Fsp3) is 0.588. The largest absolute Gasteiger partial charge is 0.465 e. The number of esters is 1. The van der Waals surface area contributed by atoms with Gasteiger partial charge in [0, 0.05) is 27.0 Å². The zero-order chi connectivity index (χ0) is 17.4. The van der Waals surface area contributed by atoms with E-state index in [1.54, 1.807) is 11.8 Å². The first-order valence-corrected chi connectivity index (χ1v) is 10.0. The smallest absolute Gasteiger partial charge is 0.305 e. The Labute approximate surface area is 156 Å². The molecule has 23 heavy (non-hydrogen) atoms. The molecule has 2 atom stereocenters. The predicted octanol–water partition coefficient (Wildman–Crippen LogP) is 5.92. The van der Waals surface area contributed by atoms with E-state index in [-0.39, 0.29) is 5.97 Å². The molecule has 3 nitrogen and oxygen atoms in total. The van der Waals surface area contributed by atoms with Crippen LogP contribution in [0, 0.1) is 5.92 Å². The van der Waals surface area contributed by atoms with Crippen LogP contribution in [0.1, 0.15) is 46.5 Å². The molecule has 1 aromatic carbocycles. The summed E-state index contributed by atoms with van der Waals surface area (Å²) in [5.74, 6) is 0.159. The molecule has 1 aromatic rings. The van der Waals surface area contributed by atoms with E-state index in [1.807, 2.05) is 19.1 Å². The number of anilines is 1. The van der Waals surface area contributed by atoms with Crippen molar-refractivity contribution in [1.29, 1.82) is 0 Å². The molecule has 1 rings (SSSR count). The number of nitrogens with two attached hydrogens (primary N) is 1. The molecule has 130 valence electrons. The van der Waals surface area contributed by atoms with E-state index in [0.717, 1.165) is 28.6 Å². The lowest BCUT2D eigenvalue weighted by Crippen LogP contribution is -2.23. The number of thioether (sulfide) groups is 1. The van der Waals surface area contributed by atoms with Crippen LogP contribution in [0.5, 0.6) is 0 Å². The van der Waals surface area contributed by atoms with Crippen LogP contribution in [-0.4, -0.2) is 17.8 Å². The van der Waals surface area contributed by atoms with Crippen molar-refractivity contribution in [3.8, 4) is 0 Å².